The van der Waals surface area contributed by atoms with Crippen molar-refractivity contribution in [3.8, 4) is 0 Å². The van der Waals surface area contributed by atoms with E-state index in [1.807, 2.05) is 0 Å². The topological polar surface area (TPSA) is 71.2 Å². The molecule has 4 aliphatic heterocycles. The van der Waals surface area contributed by atoms with E-state index in [9.17, 15) is 22.8 Å². The van der Waals surface area contributed by atoms with Crippen LogP contribution >= 0.6 is 11.6 Å². The van der Waals surface area contributed by atoms with Gasteiger partial charge in [-0.15, -0.1) is 11.6 Å². The molecule has 1 saturated carbocycles. The normalized spacial score (nSPS) is 37.8. The van der Waals surface area contributed by atoms with Crippen molar-refractivity contribution < 1.29 is 22.8 Å². The summed E-state index contributed by atoms with van der Waals surface area (Å²) in [6, 6.07) is -0.865. The fourth-order valence-corrected chi connectivity index (χ4v) is 8.20. The smallest absolute Gasteiger partial charge is 0.342 e. The lowest BCUT2D eigenvalue weighted by atomic mass is 9.78. The monoisotopic (exact) mass is 562 g/mol. The number of carbonyl (C=O) groups is 2. The van der Waals surface area contributed by atoms with Crippen LogP contribution in [-0.2, 0) is 9.59 Å². The van der Waals surface area contributed by atoms with Crippen molar-refractivity contribution in [1.82, 2.24) is 30.5 Å². The number of carbonyl (C=O) groups excluding carboxylic acids is 2. The second kappa shape index (κ2) is 11.4. The maximum atomic E-state index is 14.4. The molecule has 6 atom stereocenters. The highest BCUT2D eigenvalue weighted by Gasteiger charge is 2.52. The zero-order valence-electron chi connectivity index (χ0n) is 22.4. The summed E-state index contributed by atoms with van der Waals surface area (Å²) in [4.78, 5) is 30.1. The van der Waals surface area contributed by atoms with Gasteiger partial charge in [0.1, 0.15) is 6.04 Å². The summed E-state index contributed by atoms with van der Waals surface area (Å²) in [6.45, 7) is 4.05. The SMILES string of the molecule is CC(=O)N1CCC[C@H](C(=O)N(C)[C@@H](C2CCC(N3CCCC4C3CNC3CC(Cl)NN34)CC2)C(F)(F)F)C1. The van der Waals surface area contributed by atoms with Crippen molar-refractivity contribution in [2.45, 2.75) is 107 Å². The number of nitrogens with one attached hydrogen (secondary N) is 2. The highest BCUT2D eigenvalue weighted by atomic mass is 35.5. The van der Waals surface area contributed by atoms with Crippen LogP contribution in [0.25, 0.3) is 0 Å². The molecular formula is C26H42ClF3N6O2. The van der Waals surface area contributed by atoms with Crippen LogP contribution in [0.1, 0.15) is 64.7 Å². The van der Waals surface area contributed by atoms with Crippen LogP contribution < -0.4 is 10.7 Å². The summed E-state index contributed by atoms with van der Waals surface area (Å²) in [7, 11) is 1.31. The number of nitrogens with zero attached hydrogens (tertiary/aromatic N) is 4. The maximum absolute atomic E-state index is 14.4. The molecule has 0 radical (unpaired) electrons. The lowest BCUT2D eigenvalue weighted by Crippen LogP contribution is -2.70. The van der Waals surface area contributed by atoms with Gasteiger partial charge in [-0.25, -0.2) is 10.4 Å². The van der Waals surface area contributed by atoms with Gasteiger partial charge in [-0.3, -0.25) is 19.8 Å². The van der Waals surface area contributed by atoms with Gasteiger partial charge in [0.15, 0.2) is 0 Å². The molecule has 4 saturated heterocycles. The second-order valence-corrected chi connectivity index (χ2v) is 12.5. The Hall–Kier alpha value is -1.14. The summed E-state index contributed by atoms with van der Waals surface area (Å²) in [5, 5.41) is 5.90. The van der Waals surface area contributed by atoms with Crippen molar-refractivity contribution in [2.24, 2.45) is 11.8 Å². The van der Waals surface area contributed by atoms with Gasteiger partial charge >= 0.3 is 6.18 Å². The third-order valence-corrected chi connectivity index (χ3v) is 10.0. The quantitative estimate of drug-likeness (QED) is 0.406. The lowest BCUT2D eigenvalue weighted by Gasteiger charge is -2.53. The number of hydrogen-bond donors (Lipinski definition) is 2. The minimum absolute atomic E-state index is 0.0739. The van der Waals surface area contributed by atoms with Gasteiger partial charge in [0.05, 0.1) is 17.6 Å². The van der Waals surface area contributed by atoms with Crippen LogP contribution in [0, 0.1) is 11.8 Å². The van der Waals surface area contributed by atoms with Gasteiger partial charge in [-0.1, -0.05) is 0 Å². The number of halogens is 4. The first-order valence-electron chi connectivity index (χ1n) is 14.3. The van der Waals surface area contributed by atoms with Crippen molar-refractivity contribution in [3.05, 3.63) is 0 Å². The fraction of sp³-hybridized carbons (Fsp3) is 0.923. The molecule has 4 unspecified atom stereocenters. The van der Waals surface area contributed by atoms with Crippen molar-refractivity contribution in [3.63, 3.8) is 0 Å². The van der Waals surface area contributed by atoms with Crippen LogP contribution in [0.3, 0.4) is 0 Å². The molecule has 12 heteroatoms. The van der Waals surface area contributed by atoms with E-state index >= 15 is 0 Å². The molecule has 5 rings (SSSR count). The largest absolute Gasteiger partial charge is 0.409 e. The lowest BCUT2D eigenvalue weighted by molar-refractivity contribution is -0.203. The predicted octanol–water partition coefficient (Wildman–Crippen LogP) is 2.73. The van der Waals surface area contributed by atoms with E-state index in [-0.39, 0.29) is 30.2 Å². The Labute approximate surface area is 228 Å². The minimum Gasteiger partial charge on any atom is -0.342 e. The first-order chi connectivity index (χ1) is 18.0. The molecule has 4 heterocycles. The first-order valence-corrected chi connectivity index (χ1v) is 14.7. The average Bonchev–Trinajstić information content (AvgIpc) is 3.28. The Morgan fingerprint density at radius 3 is 2.42 bits per heavy atom. The average molecular weight is 563 g/mol. The van der Waals surface area contributed by atoms with Crippen LogP contribution in [0.5, 0.6) is 0 Å². The van der Waals surface area contributed by atoms with E-state index in [2.05, 4.69) is 20.7 Å². The summed E-state index contributed by atoms with van der Waals surface area (Å²) in [6.07, 6.45) is 2.24. The maximum Gasteiger partial charge on any atom is 0.409 e. The minimum atomic E-state index is -4.49. The van der Waals surface area contributed by atoms with Gasteiger partial charge < -0.3 is 9.80 Å². The van der Waals surface area contributed by atoms with Gasteiger partial charge in [-0.05, 0) is 63.8 Å². The molecule has 0 bridgehead atoms. The van der Waals surface area contributed by atoms with Crippen LogP contribution in [-0.4, -0.2) is 107 Å². The molecule has 0 spiro atoms. The van der Waals surface area contributed by atoms with E-state index < -0.39 is 30.0 Å². The Morgan fingerprint density at radius 1 is 1.03 bits per heavy atom. The number of rotatable bonds is 4. The number of fused-ring (bicyclic) bond motifs is 3. The van der Waals surface area contributed by atoms with Crippen molar-refractivity contribution >= 4 is 23.4 Å². The number of hydrazine groups is 1. The third kappa shape index (κ3) is 5.68. The summed E-state index contributed by atoms with van der Waals surface area (Å²) >= 11 is 6.36. The van der Waals surface area contributed by atoms with E-state index in [4.69, 9.17) is 11.6 Å². The zero-order chi connectivity index (χ0) is 27.2. The molecule has 0 aromatic rings. The van der Waals surface area contributed by atoms with Crippen molar-refractivity contribution in [1.29, 1.82) is 0 Å². The standard InChI is InChI=1S/C26H42ClF3N6O2/c1-16(37)34-11-3-5-18(15-34)25(38)33(2)24(26(28,29)30)17-7-9-19(10-8-17)35-12-4-6-20-21(35)14-31-23-13-22(27)32-36(20)23/h17-24,31-32H,3-15H2,1-2H3/t17?,18-,19?,20?,21?,22?,23?,24-/m0/s1. The molecule has 2 N–H and O–H groups in total. The molecule has 216 valence electrons. The Morgan fingerprint density at radius 2 is 1.74 bits per heavy atom. The van der Waals surface area contributed by atoms with E-state index in [0.717, 1.165) is 37.3 Å². The van der Waals surface area contributed by atoms with E-state index in [1.54, 1.807) is 4.90 Å². The highest BCUT2D eigenvalue weighted by Crippen LogP contribution is 2.41. The molecular weight excluding hydrogens is 521 g/mol. The Kier molecular flexibility index (Phi) is 8.51. The Bertz CT molecular complexity index is 872. The second-order valence-electron chi connectivity index (χ2n) is 12.0. The van der Waals surface area contributed by atoms with Crippen LogP contribution in [0.2, 0.25) is 0 Å². The van der Waals surface area contributed by atoms with Gasteiger partial charge in [0, 0.05) is 58.2 Å². The summed E-state index contributed by atoms with van der Waals surface area (Å²) < 4.78 is 43.2. The Balaban J connectivity index is 1.22. The predicted molar refractivity (Wildman–Crippen MR) is 138 cm³/mol. The van der Waals surface area contributed by atoms with Gasteiger partial charge in [0.2, 0.25) is 11.8 Å². The molecule has 0 aromatic heterocycles. The molecule has 0 aromatic carbocycles. The number of likely N-dealkylation sites (tertiary alicyclic amines) is 2. The van der Waals surface area contributed by atoms with E-state index in [1.165, 1.54) is 14.0 Å². The molecule has 2 amide bonds. The third-order valence-electron chi connectivity index (χ3n) is 9.73. The molecule has 5 fully saturated rings. The van der Waals surface area contributed by atoms with Crippen LogP contribution in [0.4, 0.5) is 13.2 Å². The summed E-state index contributed by atoms with van der Waals surface area (Å²) in [5.74, 6) is -1.81. The molecule has 8 nitrogen and oxygen atoms in total. The fourth-order valence-electron chi connectivity index (χ4n) is 7.91. The number of amides is 2. The number of hydrogen-bond acceptors (Lipinski definition) is 6. The zero-order valence-corrected chi connectivity index (χ0v) is 23.2. The molecule has 1 aliphatic carbocycles. The molecule has 38 heavy (non-hydrogen) atoms. The van der Waals surface area contributed by atoms with E-state index in [0.29, 0.717) is 57.2 Å². The number of alkyl halides is 4. The van der Waals surface area contributed by atoms with Crippen molar-refractivity contribution in [2.75, 3.05) is 33.2 Å². The number of piperidine rings is 2. The summed E-state index contributed by atoms with van der Waals surface area (Å²) in [5.41, 5.74) is 3.33. The van der Waals surface area contributed by atoms with Gasteiger partial charge in [0.25, 0.3) is 0 Å². The van der Waals surface area contributed by atoms with Gasteiger partial charge in [-0.2, -0.15) is 13.2 Å². The first kappa shape index (κ1) is 28.4. The van der Waals surface area contributed by atoms with Crippen LogP contribution in [0.15, 0.2) is 0 Å². The molecule has 5 aliphatic rings. The highest BCUT2D eigenvalue weighted by molar-refractivity contribution is 6.20.